The molecule has 17 heavy (non-hydrogen) atoms. The Kier molecular flexibility index (Phi) is 2.82. The van der Waals surface area contributed by atoms with Crippen molar-refractivity contribution in [2.75, 3.05) is 6.61 Å². The van der Waals surface area contributed by atoms with E-state index in [-0.39, 0.29) is 0 Å². The van der Waals surface area contributed by atoms with Gasteiger partial charge in [0.2, 0.25) is 0 Å². The van der Waals surface area contributed by atoms with Crippen LogP contribution in [0.1, 0.15) is 30.0 Å². The summed E-state index contributed by atoms with van der Waals surface area (Å²) in [5.74, 6) is 1.76. The number of H-pyrrole nitrogens is 1. The molecule has 1 saturated carbocycles. The highest BCUT2D eigenvalue weighted by molar-refractivity contribution is 5.32. The highest BCUT2D eigenvalue weighted by Crippen LogP contribution is 2.40. The number of aromatic nitrogens is 2. The molecule has 0 saturated heterocycles. The Morgan fingerprint density at radius 3 is 3.06 bits per heavy atom. The van der Waals surface area contributed by atoms with Crippen molar-refractivity contribution in [3.8, 4) is 5.75 Å². The summed E-state index contributed by atoms with van der Waals surface area (Å²) < 4.78 is 5.75. The Morgan fingerprint density at radius 1 is 1.35 bits per heavy atom. The molecule has 1 N–H and O–H groups in total. The predicted molar refractivity (Wildman–Crippen MR) is 66.2 cm³/mol. The molecule has 3 heteroatoms. The first-order valence-corrected chi connectivity index (χ1v) is 6.12. The summed E-state index contributed by atoms with van der Waals surface area (Å²) >= 11 is 0. The summed E-state index contributed by atoms with van der Waals surface area (Å²) in [5, 5.41) is 0. The molecule has 88 valence electrons. The number of nitrogens with one attached hydrogen (secondary N) is 1. The summed E-state index contributed by atoms with van der Waals surface area (Å²) in [4.78, 5) is 7.05. The van der Waals surface area contributed by atoms with Crippen LogP contribution in [0.4, 0.5) is 0 Å². The van der Waals surface area contributed by atoms with E-state index in [1.54, 1.807) is 6.33 Å². The number of benzene rings is 1. The lowest BCUT2D eigenvalue weighted by molar-refractivity contribution is 0.320. The van der Waals surface area contributed by atoms with E-state index >= 15 is 0 Å². The third kappa shape index (κ3) is 2.67. The molecular weight excluding hydrogens is 212 g/mol. The molecule has 1 aliphatic carbocycles. The number of hydrogen-bond acceptors (Lipinski definition) is 2. The van der Waals surface area contributed by atoms with Crippen LogP contribution in [-0.4, -0.2) is 16.6 Å². The lowest BCUT2D eigenvalue weighted by atomic mass is 10.1. The van der Waals surface area contributed by atoms with Gasteiger partial charge in [0, 0.05) is 18.3 Å². The van der Waals surface area contributed by atoms with E-state index in [9.17, 15) is 0 Å². The van der Waals surface area contributed by atoms with Gasteiger partial charge in [-0.2, -0.15) is 0 Å². The monoisotopic (exact) mass is 228 g/mol. The van der Waals surface area contributed by atoms with Crippen LogP contribution in [0.2, 0.25) is 0 Å². The van der Waals surface area contributed by atoms with Crippen LogP contribution in [0.5, 0.6) is 5.75 Å². The molecule has 0 unspecified atom stereocenters. The zero-order valence-electron chi connectivity index (χ0n) is 9.73. The molecule has 2 aromatic rings. The van der Waals surface area contributed by atoms with Crippen molar-refractivity contribution in [2.45, 2.75) is 25.2 Å². The first-order valence-electron chi connectivity index (χ1n) is 6.12. The maximum atomic E-state index is 5.75. The molecule has 0 aliphatic heterocycles. The van der Waals surface area contributed by atoms with E-state index in [0.29, 0.717) is 6.61 Å². The quantitative estimate of drug-likeness (QED) is 0.854. The Balaban J connectivity index is 1.55. The number of hydrogen-bond donors (Lipinski definition) is 1. The number of nitrogens with zero attached hydrogens (tertiary/aromatic N) is 1. The van der Waals surface area contributed by atoms with E-state index in [1.807, 2.05) is 12.3 Å². The van der Waals surface area contributed by atoms with Gasteiger partial charge >= 0.3 is 0 Å². The minimum atomic E-state index is 0.691. The number of aromatic amines is 1. The molecule has 1 fully saturated rings. The number of rotatable bonds is 5. The Bertz CT molecular complexity index is 475. The second kappa shape index (κ2) is 4.62. The van der Waals surface area contributed by atoms with Crippen LogP contribution in [0.25, 0.3) is 0 Å². The van der Waals surface area contributed by atoms with Crippen LogP contribution in [0.15, 0.2) is 36.8 Å². The van der Waals surface area contributed by atoms with Crippen molar-refractivity contribution < 1.29 is 4.74 Å². The van der Waals surface area contributed by atoms with E-state index in [4.69, 9.17) is 4.74 Å². The van der Waals surface area contributed by atoms with Crippen molar-refractivity contribution in [3.05, 3.63) is 48.0 Å². The fourth-order valence-corrected chi connectivity index (χ4v) is 1.98. The summed E-state index contributed by atoms with van der Waals surface area (Å²) in [6.45, 7) is 0.691. The average molecular weight is 228 g/mol. The van der Waals surface area contributed by atoms with Crippen molar-refractivity contribution in [2.24, 2.45) is 0 Å². The van der Waals surface area contributed by atoms with Gasteiger partial charge in [-0.3, -0.25) is 0 Å². The average Bonchev–Trinajstić information content (AvgIpc) is 3.09. The lowest BCUT2D eigenvalue weighted by Crippen LogP contribution is -2.01. The smallest absolute Gasteiger partial charge is 0.119 e. The fraction of sp³-hybridized carbons (Fsp3) is 0.357. The van der Waals surface area contributed by atoms with Gasteiger partial charge in [-0.15, -0.1) is 0 Å². The minimum absolute atomic E-state index is 0.691. The van der Waals surface area contributed by atoms with E-state index in [1.165, 1.54) is 18.4 Å². The van der Waals surface area contributed by atoms with E-state index in [2.05, 4.69) is 28.2 Å². The highest BCUT2D eigenvalue weighted by Gasteiger charge is 2.23. The first-order chi connectivity index (χ1) is 8.42. The Morgan fingerprint density at radius 2 is 2.29 bits per heavy atom. The Hall–Kier alpha value is -1.77. The largest absolute Gasteiger partial charge is 0.493 e. The lowest BCUT2D eigenvalue weighted by Gasteiger charge is -2.06. The van der Waals surface area contributed by atoms with Gasteiger partial charge in [0.1, 0.15) is 5.75 Å². The van der Waals surface area contributed by atoms with Gasteiger partial charge in [0.15, 0.2) is 0 Å². The molecule has 1 aromatic heterocycles. The second-order valence-electron chi connectivity index (χ2n) is 4.52. The van der Waals surface area contributed by atoms with Crippen molar-refractivity contribution >= 4 is 0 Å². The molecule has 0 spiro atoms. The van der Waals surface area contributed by atoms with Gasteiger partial charge in [0.05, 0.1) is 12.9 Å². The van der Waals surface area contributed by atoms with E-state index < -0.39 is 0 Å². The maximum absolute atomic E-state index is 5.75. The van der Waals surface area contributed by atoms with Gasteiger partial charge in [-0.1, -0.05) is 12.1 Å². The molecule has 3 nitrogen and oxygen atoms in total. The molecule has 0 radical (unpaired) electrons. The number of ether oxygens (including phenoxy) is 1. The van der Waals surface area contributed by atoms with Gasteiger partial charge < -0.3 is 9.72 Å². The molecule has 3 rings (SSSR count). The summed E-state index contributed by atoms with van der Waals surface area (Å²) in [6.07, 6.45) is 7.07. The van der Waals surface area contributed by atoms with Crippen LogP contribution >= 0.6 is 0 Å². The van der Waals surface area contributed by atoms with Crippen molar-refractivity contribution in [1.82, 2.24) is 9.97 Å². The van der Waals surface area contributed by atoms with E-state index in [0.717, 1.165) is 23.8 Å². The standard InChI is InChI=1S/C14H16N2O/c1-2-12(11-4-5-11)8-14(3-1)17-7-6-13-9-15-10-16-13/h1-3,8-11H,4-7H2,(H,15,16). The third-order valence-electron chi connectivity index (χ3n) is 3.10. The molecular formula is C14H16N2O. The summed E-state index contributed by atoms with van der Waals surface area (Å²) in [5.41, 5.74) is 2.53. The second-order valence-corrected chi connectivity index (χ2v) is 4.52. The molecule has 1 aromatic carbocycles. The minimum Gasteiger partial charge on any atom is -0.493 e. The van der Waals surface area contributed by atoms with Gasteiger partial charge in [-0.25, -0.2) is 4.98 Å². The third-order valence-corrected chi connectivity index (χ3v) is 3.10. The van der Waals surface area contributed by atoms with Gasteiger partial charge in [-0.05, 0) is 36.5 Å². The molecule has 0 atom stereocenters. The van der Waals surface area contributed by atoms with Crippen LogP contribution in [0.3, 0.4) is 0 Å². The maximum Gasteiger partial charge on any atom is 0.119 e. The Labute approximate surface area is 101 Å². The predicted octanol–water partition coefficient (Wildman–Crippen LogP) is 2.91. The van der Waals surface area contributed by atoms with Crippen molar-refractivity contribution in [3.63, 3.8) is 0 Å². The molecule has 0 bridgehead atoms. The zero-order chi connectivity index (χ0) is 11.5. The fourth-order valence-electron chi connectivity index (χ4n) is 1.98. The van der Waals surface area contributed by atoms with Gasteiger partial charge in [0.25, 0.3) is 0 Å². The van der Waals surface area contributed by atoms with Crippen molar-refractivity contribution in [1.29, 1.82) is 0 Å². The highest BCUT2D eigenvalue weighted by atomic mass is 16.5. The number of imidazole rings is 1. The molecule has 1 heterocycles. The SMILES string of the molecule is c1cc(OCCc2cnc[nH]2)cc(C2CC2)c1. The zero-order valence-corrected chi connectivity index (χ0v) is 9.73. The normalized spacial score (nSPS) is 14.8. The summed E-state index contributed by atoms with van der Waals surface area (Å²) in [7, 11) is 0. The van der Waals surface area contributed by atoms with Crippen LogP contribution < -0.4 is 4.74 Å². The van der Waals surface area contributed by atoms with Crippen LogP contribution in [-0.2, 0) is 6.42 Å². The summed E-state index contributed by atoms with van der Waals surface area (Å²) in [6, 6.07) is 8.47. The topological polar surface area (TPSA) is 37.9 Å². The molecule has 0 amide bonds. The van der Waals surface area contributed by atoms with Crippen LogP contribution in [0, 0.1) is 0 Å². The first kappa shape index (κ1) is 10.4. The molecule has 1 aliphatic rings.